The molecule has 1 amide bonds. The largest absolute Gasteiger partial charge is 0.346 e. The van der Waals surface area contributed by atoms with Gasteiger partial charge in [-0.1, -0.05) is 117 Å². The molecular weight excluding hydrogens is 318 g/mol. The monoisotopic (exact) mass is 367 g/mol. The maximum absolute atomic E-state index is 12.1. The van der Waals surface area contributed by atoms with Crippen molar-refractivity contribution >= 4 is 5.91 Å². The fourth-order valence-corrected chi connectivity index (χ4v) is 3.56. The molecule has 0 aromatic heterocycles. The smallest absolute Gasteiger partial charge is 0.222 e. The van der Waals surface area contributed by atoms with Gasteiger partial charge in [0.25, 0.3) is 0 Å². The molecule has 0 N–H and O–H groups in total. The Balaban J connectivity index is 3.31. The van der Waals surface area contributed by atoms with E-state index in [1.165, 1.54) is 109 Å². The quantitative estimate of drug-likeness (QED) is 0.200. The van der Waals surface area contributed by atoms with Crippen molar-refractivity contribution in [2.24, 2.45) is 0 Å². The summed E-state index contributed by atoms with van der Waals surface area (Å²) in [5, 5.41) is 0. The summed E-state index contributed by atoms with van der Waals surface area (Å²) >= 11 is 0. The molecule has 0 radical (unpaired) electrons. The van der Waals surface area contributed by atoms with E-state index in [0.29, 0.717) is 5.91 Å². The third kappa shape index (κ3) is 18.3. The molecule has 0 aromatic rings. The Bertz CT molecular complexity index is 290. The molecule has 0 spiro atoms. The van der Waals surface area contributed by atoms with Crippen molar-refractivity contribution in [2.75, 3.05) is 13.6 Å². The minimum absolute atomic E-state index is 0.354. The van der Waals surface area contributed by atoms with E-state index >= 15 is 0 Å². The zero-order chi connectivity index (χ0) is 19.3. The van der Waals surface area contributed by atoms with E-state index in [1.54, 1.807) is 0 Å². The fraction of sp³-hybridized carbons (Fsp3) is 0.958. The molecule has 0 aromatic carbocycles. The van der Waals surface area contributed by atoms with Gasteiger partial charge in [-0.2, -0.15) is 0 Å². The molecule has 156 valence electrons. The van der Waals surface area contributed by atoms with Crippen LogP contribution in [0.25, 0.3) is 0 Å². The number of carbonyl (C=O) groups is 1. The Morgan fingerprint density at radius 1 is 0.538 bits per heavy atom. The predicted molar refractivity (Wildman–Crippen MR) is 117 cm³/mol. The second-order valence-corrected chi connectivity index (χ2v) is 8.22. The van der Waals surface area contributed by atoms with E-state index in [2.05, 4.69) is 13.8 Å². The molecule has 0 saturated carbocycles. The first-order valence-electron chi connectivity index (χ1n) is 12.0. The number of hydrogen-bond acceptors (Lipinski definition) is 1. The lowest BCUT2D eigenvalue weighted by atomic mass is 10.1. The SMILES string of the molecule is CCCCCCCCCCCCCC(=O)N(C)CCCCCCCCC. The highest BCUT2D eigenvalue weighted by Crippen LogP contribution is 2.12. The Morgan fingerprint density at radius 2 is 0.885 bits per heavy atom. The van der Waals surface area contributed by atoms with Crippen molar-refractivity contribution in [3.8, 4) is 0 Å². The van der Waals surface area contributed by atoms with Gasteiger partial charge in [-0.3, -0.25) is 4.79 Å². The van der Waals surface area contributed by atoms with Gasteiger partial charge < -0.3 is 4.90 Å². The number of hydrogen-bond donors (Lipinski definition) is 0. The third-order valence-electron chi connectivity index (χ3n) is 5.52. The lowest BCUT2D eigenvalue weighted by molar-refractivity contribution is -0.130. The molecule has 0 rings (SSSR count). The van der Waals surface area contributed by atoms with Crippen LogP contribution in [0.1, 0.15) is 136 Å². The van der Waals surface area contributed by atoms with E-state index in [0.717, 1.165) is 19.4 Å². The van der Waals surface area contributed by atoms with Gasteiger partial charge in [-0.25, -0.2) is 0 Å². The molecule has 2 nitrogen and oxygen atoms in total. The van der Waals surface area contributed by atoms with Crippen molar-refractivity contribution in [3.63, 3.8) is 0 Å². The molecule has 0 atom stereocenters. The van der Waals surface area contributed by atoms with Crippen LogP contribution in [-0.4, -0.2) is 24.4 Å². The molecule has 0 aliphatic carbocycles. The number of amides is 1. The highest BCUT2D eigenvalue weighted by atomic mass is 16.2. The second-order valence-electron chi connectivity index (χ2n) is 8.22. The maximum Gasteiger partial charge on any atom is 0.222 e. The van der Waals surface area contributed by atoms with Crippen LogP contribution in [0.3, 0.4) is 0 Å². The Morgan fingerprint density at radius 3 is 1.31 bits per heavy atom. The topological polar surface area (TPSA) is 20.3 Å². The lowest BCUT2D eigenvalue weighted by Gasteiger charge is -2.17. The first-order chi connectivity index (χ1) is 12.7. The maximum atomic E-state index is 12.1. The van der Waals surface area contributed by atoms with E-state index < -0.39 is 0 Å². The number of nitrogens with zero attached hydrogens (tertiary/aromatic N) is 1. The van der Waals surface area contributed by atoms with Crippen LogP contribution in [0, 0.1) is 0 Å². The van der Waals surface area contributed by atoms with Crippen LogP contribution in [0.4, 0.5) is 0 Å². The van der Waals surface area contributed by atoms with Gasteiger partial charge in [0.05, 0.1) is 0 Å². The van der Waals surface area contributed by atoms with E-state index in [9.17, 15) is 4.79 Å². The van der Waals surface area contributed by atoms with Crippen molar-refractivity contribution in [1.29, 1.82) is 0 Å². The zero-order valence-electron chi connectivity index (χ0n) is 18.5. The Kier molecular flexibility index (Phi) is 20.4. The number of carbonyl (C=O) groups excluding carboxylic acids is 1. The third-order valence-corrected chi connectivity index (χ3v) is 5.52. The summed E-state index contributed by atoms with van der Waals surface area (Å²) in [7, 11) is 1.98. The van der Waals surface area contributed by atoms with Crippen LogP contribution in [-0.2, 0) is 4.79 Å². The zero-order valence-corrected chi connectivity index (χ0v) is 18.5. The average molecular weight is 368 g/mol. The van der Waals surface area contributed by atoms with Crippen molar-refractivity contribution in [3.05, 3.63) is 0 Å². The summed E-state index contributed by atoms with van der Waals surface area (Å²) < 4.78 is 0. The van der Waals surface area contributed by atoms with Gasteiger partial charge in [0, 0.05) is 20.0 Å². The van der Waals surface area contributed by atoms with Gasteiger partial charge in [-0.05, 0) is 12.8 Å². The minimum Gasteiger partial charge on any atom is -0.346 e. The Labute approximate surface area is 165 Å². The molecule has 0 aliphatic rings. The molecule has 0 bridgehead atoms. The Hall–Kier alpha value is -0.530. The highest BCUT2D eigenvalue weighted by Gasteiger charge is 2.07. The number of unbranched alkanes of at least 4 members (excludes halogenated alkanes) is 16. The lowest BCUT2D eigenvalue weighted by Crippen LogP contribution is -2.27. The summed E-state index contributed by atoms with van der Waals surface area (Å²) in [6.45, 7) is 5.49. The van der Waals surface area contributed by atoms with Crippen molar-refractivity contribution in [2.45, 2.75) is 136 Å². The number of rotatable bonds is 20. The van der Waals surface area contributed by atoms with Crippen LogP contribution >= 0.6 is 0 Å². The molecule has 0 unspecified atom stereocenters. The molecule has 0 aliphatic heterocycles. The standard InChI is InChI=1S/C24H49NO/c1-4-6-8-10-12-13-14-15-16-18-20-22-24(26)25(3)23-21-19-17-11-9-7-5-2/h4-23H2,1-3H3. The molecule has 0 saturated heterocycles. The first kappa shape index (κ1) is 25.5. The summed E-state index contributed by atoms with van der Waals surface area (Å²) in [6.07, 6.45) is 24.7. The molecular formula is C24H49NO. The second kappa shape index (κ2) is 20.8. The van der Waals surface area contributed by atoms with Crippen LogP contribution in [0.5, 0.6) is 0 Å². The normalized spacial score (nSPS) is 11.0. The predicted octanol–water partition coefficient (Wildman–Crippen LogP) is 7.90. The van der Waals surface area contributed by atoms with Gasteiger partial charge in [-0.15, -0.1) is 0 Å². The van der Waals surface area contributed by atoms with E-state index in [4.69, 9.17) is 0 Å². The van der Waals surface area contributed by atoms with Crippen LogP contribution in [0.15, 0.2) is 0 Å². The molecule has 0 heterocycles. The van der Waals surface area contributed by atoms with Crippen LogP contribution < -0.4 is 0 Å². The van der Waals surface area contributed by atoms with Crippen molar-refractivity contribution < 1.29 is 4.79 Å². The molecule has 2 heteroatoms. The van der Waals surface area contributed by atoms with Crippen LogP contribution in [0.2, 0.25) is 0 Å². The minimum atomic E-state index is 0.354. The summed E-state index contributed by atoms with van der Waals surface area (Å²) in [5.74, 6) is 0.354. The van der Waals surface area contributed by atoms with E-state index in [-0.39, 0.29) is 0 Å². The van der Waals surface area contributed by atoms with Gasteiger partial charge in [0.2, 0.25) is 5.91 Å². The fourth-order valence-electron chi connectivity index (χ4n) is 3.56. The van der Waals surface area contributed by atoms with Crippen molar-refractivity contribution in [1.82, 2.24) is 4.90 Å². The van der Waals surface area contributed by atoms with E-state index in [1.807, 2.05) is 11.9 Å². The molecule has 0 fully saturated rings. The average Bonchev–Trinajstić information content (AvgIpc) is 2.65. The molecule has 26 heavy (non-hydrogen) atoms. The van der Waals surface area contributed by atoms with Gasteiger partial charge in [0.1, 0.15) is 0 Å². The first-order valence-corrected chi connectivity index (χ1v) is 12.0. The summed E-state index contributed by atoms with van der Waals surface area (Å²) in [6, 6.07) is 0. The summed E-state index contributed by atoms with van der Waals surface area (Å²) in [5.41, 5.74) is 0. The van der Waals surface area contributed by atoms with Gasteiger partial charge >= 0.3 is 0 Å². The highest BCUT2D eigenvalue weighted by molar-refractivity contribution is 5.75. The summed E-state index contributed by atoms with van der Waals surface area (Å²) in [4.78, 5) is 14.1. The van der Waals surface area contributed by atoms with Gasteiger partial charge in [0.15, 0.2) is 0 Å².